The predicted molar refractivity (Wildman–Crippen MR) is 89.1 cm³/mol. The second kappa shape index (κ2) is 6.42. The first-order valence-electron chi connectivity index (χ1n) is 8.57. The summed E-state index contributed by atoms with van der Waals surface area (Å²) in [6, 6.07) is 4.86. The molecule has 0 unspecified atom stereocenters. The van der Waals surface area contributed by atoms with Gasteiger partial charge in [-0.2, -0.15) is 0 Å². The van der Waals surface area contributed by atoms with Crippen molar-refractivity contribution in [3.63, 3.8) is 0 Å². The molecule has 2 aliphatic rings. The minimum atomic E-state index is -3.06. The fourth-order valence-corrected chi connectivity index (χ4v) is 5.13. The first kappa shape index (κ1) is 16.7. The molecular weight excluding hydrogens is 315 g/mol. The van der Waals surface area contributed by atoms with Crippen LogP contribution in [0.3, 0.4) is 0 Å². The van der Waals surface area contributed by atoms with E-state index in [1.54, 1.807) is 12.1 Å². The van der Waals surface area contributed by atoms with Crippen LogP contribution in [0.25, 0.3) is 0 Å². The van der Waals surface area contributed by atoms with Gasteiger partial charge in [0, 0.05) is 5.41 Å². The second-order valence-corrected chi connectivity index (χ2v) is 9.31. The Labute approximate surface area is 138 Å². The van der Waals surface area contributed by atoms with E-state index in [-0.39, 0.29) is 28.5 Å². The van der Waals surface area contributed by atoms with Gasteiger partial charge in [-0.15, -0.1) is 0 Å². The fourth-order valence-electron chi connectivity index (χ4n) is 2.96. The Kier molecular flexibility index (Phi) is 4.68. The van der Waals surface area contributed by atoms with Crippen molar-refractivity contribution in [1.29, 1.82) is 0 Å². The molecule has 0 atom stereocenters. The molecule has 0 spiro atoms. The molecule has 1 aromatic rings. The summed E-state index contributed by atoms with van der Waals surface area (Å²) in [4.78, 5) is 0. The number of ether oxygens (including phenoxy) is 1. The molecule has 3 nitrogen and oxygen atoms in total. The summed E-state index contributed by atoms with van der Waals surface area (Å²) in [5.41, 5.74) is 0.586. The Bertz CT molecular complexity index is 661. The molecule has 0 N–H and O–H groups in total. The number of benzene rings is 1. The number of halogens is 1. The molecule has 1 aromatic carbocycles. The zero-order chi connectivity index (χ0) is 16.5. The van der Waals surface area contributed by atoms with Crippen LogP contribution in [0.2, 0.25) is 0 Å². The van der Waals surface area contributed by atoms with Crippen LogP contribution in [-0.4, -0.2) is 26.5 Å². The summed E-state index contributed by atoms with van der Waals surface area (Å²) in [5, 5.41) is 0. The summed E-state index contributed by atoms with van der Waals surface area (Å²) < 4.78 is 44.1. The van der Waals surface area contributed by atoms with Crippen LogP contribution in [-0.2, 0) is 15.3 Å². The second-order valence-electron chi connectivity index (χ2n) is 7.13. The number of hydrogen-bond acceptors (Lipinski definition) is 3. The van der Waals surface area contributed by atoms with E-state index in [1.807, 2.05) is 6.92 Å². The number of unbranched alkanes of at least 4 members (excludes halogenated alkanes) is 1. The Morgan fingerprint density at radius 1 is 1.30 bits per heavy atom. The molecule has 3 rings (SSSR count). The molecule has 0 aliphatic heterocycles. The highest BCUT2D eigenvalue weighted by molar-refractivity contribution is 7.91. The molecule has 0 heterocycles. The fraction of sp³-hybridized carbons (Fsp3) is 0.667. The lowest BCUT2D eigenvalue weighted by Gasteiger charge is -2.17. The third-order valence-corrected chi connectivity index (χ3v) is 6.78. The first-order valence-corrected chi connectivity index (χ1v) is 10.4. The average Bonchev–Trinajstić information content (AvgIpc) is 3.40. The van der Waals surface area contributed by atoms with Crippen molar-refractivity contribution in [2.24, 2.45) is 5.92 Å². The van der Waals surface area contributed by atoms with Gasteiger partial charge in [-0.3, -0.25) is 0 Å². The summed E-state index contributed by atoms with van der Waals surface area (Å²) in [5.74, 6) is 0.888. The van der Waals surface area contributed by atoms with E-state index in [9.17, 15) is 12.8 Å². The Morgan fingerprint density at radius 3 is 2.65 bits per heavy atom. The van der Waals surface area contributed by atoms with Crippen molar-refractivity contribution in [2.45, 2.75) is 50.9 Å². The topological polar surface area (TPSA) is 43.4 Å². The zero-order valence-electron chi connectivity index (χ0n) is 13.7. The summed E-state index contributed by atoms with van der Waals surface area (Å²) in [7, 11) is -3.06. The summed E-state index contributed by atoms with van der Waals surface area (Å²) in [6.45, 7) is 2.55. The molecule has 23 heavy (non-hydrogen) atoms. The highest BCUT2D eigenvalue weighted by Gasteiger charge is 2.47. The lowest BCUT2D eigenvalue weighted by Crippen LogP contribution is -2.23. The average molecular weight is 340 g/mol. The van der Waals surface area contributed by atoms with E-state index >= 15 is 0 Å². The third kappa shape index (κ3) is 4.25. The summed E-state index contributed by atoms with van der Waals surface area (Å²) >= 11 is 0. The van der Waals surface area contributed by atoms with Gasteiger partial charge in [0.15, 0.2) is 21.4 Å². The van der Waals surface area contributed by atoms with Crippen molar-refractivity contribution in [3.05, 3.63) is 29.6 Å². The standard InChI is InChI=1S/C18H25FO3S/c1-2-3-10-23(20,21)13-18(8-9-18)15-6-7-16(19)17(11-15)22-12-14-4-5-14/h6-7,11,14H,2-5,8-10,12-13H2,1H3. The van der Waals surface area contributed by atoms with Crippen LogP contribution in [0, 0.1) is 11.7 Å². The van der Waals surface area contributed by atoms with E-state index in [2.05, 4.69) is 0 Å². The molecule has 2 saturated carbocycles. The quantitative estimate of drug-likeness (QED) is 0.685. The Morgan fingerprint density at radius 2 is 2.04 bits per heavy atom. The van der Waals surface area contributed by atoms with Crippen LogP contribution < -0.4 is 4.74 Å². The van der Waals surface area contributed by atoms with E-state index < -0.39 is 9.84 Å². The zero-order valence-corrected chi connectivity index (χ0v) is 14.5. The molecule has 0 radical (unpaired) electrons. The van der Waals surface area contributed by atoms with Crippen LogP contribution >= 0.6 is 0 Å². The van der Waals surface area contributed by atoms with Gasteiger partial charge in [0.2, 0.25) is 0 Å². The van der Waals surface area contributed by atoms with Gasteiger partial charge in [0.25, 0.3) is 0 Å². The van der Waals surface area contributed by atoms with Crippen molar-refractivity contribution in [3.8, 4) is 5.75 Å². The normalized spacial score (nSPS) is 19.6. The molecule has 0 aromatic heterocycles. The van der Waals surface area contributed by atoms with Crippen molar-refractivity contribution >= 4 is 9.84 Å². The number of sulfone groups is 1. The van der Waals surface area contributed by atoms with Crippen LogP contribution in [0.4, 0.5) is 4.39 Å². The molecular formula is C18H25FO3S. The van der Waals surface area contributed by atoms with Gasteiger partial charge in [0.05, 0.1) is 18.1 Å². The minimum Gasteiger partial charge on any atom is -0.490 e. The van der Waals surface area contributed by atoms with Crippen molar-refractivity contribution in [2.75, 3.05) is 18.1 Å². The van der Waals surface area contributed by atoms with Gasteiger partial charge in [-0.25, -0.2) is 12.8 Å². The van der Waals surface area contributed by atoms with E-state index in [0.29, 0.717) is 18.9 Å². The SMILES string of the molecule is CCCCS(=O)(=O)CC1(c2ccc(F)c(OCC3CC3)c2)CC1. The van der Waals surface area contributed by atoms with Crippen LogP contribution in [0.5, 0.6) is 5.75 Å². The largest absolute Gasteiger partial charge is 0.490 e. The first-order chi connectivity index (χ1) is 10.9. The van der Waals surface area contributed by atoms with Crippen LogP contribution in [0.15, 0.2) is 18.2 Å². The Balaban J connectivity index is 1.73. The van der Waals surface area contributed by atoms with Gasteiger partial charge in [-0.05, 0) is 55.7 Å². The lowest BCUT2D eigenvalue weighted by atomic mass is 9.98. The molecule has 5 heteroatoms. The maximum absolute atomic E-state index is 13.9. The van der Waals surface area contributed by atoms with Gasteiger partial charge < -0.3 is 4.74 Å². The molecule has 0 bridgehead atoms. The third-order valence-electron chi connectivity index (χ3n) is 4.87. The van der Waals surface area contributed by atoms with E-state index in [4.69, 9.17) is 4.74 Å². The molecule has 0 amide bonds. The van der Waals surface area contributed by atoms with Crippen LogP contribution in [0.1, 0.15) is 51.0 Å². The number of rotatable bonds is 9. The van der Waals surface area contributed by atoms with Crippen molar-refractivity contribution in [1.82, 2.24) is 0 Å². The highest BCUT2D eigenvalue weighted by Crippen LogP contribution is 2.50. The lowest BCUT2D eigenvalue weighted by molar-refractivity contribution is 0.285. The van der Waals surface area contributed by atoms with Gasteiger partial charge in [-0.1, -0.05) is 19.4 Å². The monoisotopic (exact) mass is 340 g/mol. The molecule has 0 saturated heterocycles. The van der Waals surface area contributed by atoms with Gasteiger partial charge >= 0.3 is 0 Å². The Hall–Kier alpha value is -1.10. The predicted octanol–water partition coefficient (Wildman–Crippen LogP) is 3.86. The molecule has 2 fully saturated rings. The number of hydrogen-bond donors (Lipinski definition) is 0. The smallest absolute Gasteiger partial charge is 0.165 e. The van der Waals surface area contributed by atoms with E-state index in [0.717, 1.165) is 37.7 Å². The summed E-state index contributed by atoms with van der Waals surface area (Å²) in [6.07, 6.45) is 5.60. The minimum absolute atomic E-state index is 0.174. The van der Waals surface area contributed by atoms with Gasteiger partial charge in [0.1, 0.15) is 0 Å². The maximum atomic E-state index is 13.9. The molecule has 128 valence electrons. The maximum Gasteiger partial charge on any atom is 0.165 e. The van der Waals surface area contributed by atoms with Crippen molar-refractivity contribution < 1.29 is 17.5 Å². The molecule has 2 aliphatic carbocycles. The highest BCUT2D eigenvalue weighted by atomic mass is 32.2. The van der Waals surface area contributed by atoms with E-state index in [1.165, 1.54) is 6.07 Å².